The summed E-state index contributed by atoms with van der Waals surface area (Å²) in [6.07, 6.45) is 0.469. The molecule has 0 atom stereocenters. The maximum Gasteiger partial charge on any atom is 0.257 e. The lowest BCUT2D eigenvalue weighted by molar-refractivity contribution is -0.129. The minimum absolute atomic E-state index is 0.188. The first-order valence-corrected chi connectivity index (χ1v) is 9.39. The summed E-state index contributed by atoms with van der Waals surface area (Å²) >= 11 is 0. The molecule has 2 fully saturated rings. The van der Waals surface area contributed by atoms with Crippen molar-refractivity contribution in [3.63, 3.8) is 0 Å². The molecule has 0 saturated carbocycles. The number of hydrogen-bond acceptors (Lipinski definition) is 5. The molecule has 0 aliphatic carbocycles. The van der Waals surface area contributed by atoms with Gasteiger partial charge >= 0.3 is 0 Å². The smallest absolute Gasteiger partial charge is 0.257 e. The van der Waals surface area contributed by atoms with E-state index >= 15 is 0 Å². The number of carbonyl (C=O) groups is 2. The second-order valence-electron chi connectivity index (χ2n) is 6.15. The van der Waals surface area contributed by atoms with Crippen molar-refractivity contribution < 1.29 is 22.7 Å². The van der Waals surface area contributed by atoms with Gasteiger partial charge in [-0.2, -0.15) is 0 Å². The zero-order valence-electron chi connectivity index (χ0n) is 13.7. The topological polar surface area (TPSA) is 84.0 Å². The van der Waals surface area contributed by atoms with Crippen molar-refractivity contribution in [2.45, 2.75) is 17.7 Å². The Morgan fingerprint density at radius 1 is 1.21 bits per heavy atom. The summed E-state index contributed by atoms with van der Waals surface area (Å²) in [5.74, 6) is -0.515. The van der Waals surface area contributed by atoms with E-state index in [4.69, 9.17) is 4.74 Å². The van der Waals surface area contributed by atoms with Crippen molar-refractivity contribution in [1.29, 1.82) is 0 Å². The SMILES string of the molecule is COc1ccccc1C(=O)N1CCC2(CC1)N(C)C(=O)CS2(=O)=O. The number of para-hydroxylation sites is 1. The molecule has 1 aromatic carbocycles. The Morgan fingerprint density at radius 3 is 2.38 bits per heavy atom. The third kappa shape index (κ3) is 2.36. The van der Waals surface area contributed by atoms with E-state index in [1.807, 2.05) is 0 Å². The van der Waals surface area contributed by atoms with Gasteiger partial charge in [0.1, 0.15) is 16.4 Å². The average Bonchev–Trinajstić information content (AvgIpc) is 2.75. The summed E-state index contributed by atoms with van der Waals surface area (Å²) in [5, 5.41) is 0. The number of carbonyl (C=O) groups excluding carboxylic acids is 2. The molecule has 0 N–H and O–H groups in total. The predicted molar refractivity (Wildman–Crippen MR) is 87.4 cm³/mol. The quantitative estimate of drug-likeness (QED) is 0.775. The number of benzene rings is 1. The highest BCUT2D eigenvalue weighted by Crippen LogP contribution is 2.39. The Kier molecular flexibility index (Phi) is 4.03. The van der Waals surface area contributed by atoms with Gasteiger partial charge in [-0.05, 0) is 12.1 Å². The molecule has 2 aliphatic rings. The van der Waals surface area contributed by atoms with Gasteiger partial charge in [-0.15, -0.1) is 0 Å². The number of methoxy groups -OCH3 is 1. The lowest BCUT2D eigenvalue weighted by Gasteiger charge is -2.41. The van der Waals surface area contributed by atoms with Crippen molar-refractivity contribution in [2.24, 2.45) is 0 Å². The first-order valence-electron chi connectivity index (χ1n) is 7.74. The van der Waals surface area contributed by atoms with E-state index < -0.39 is 20.5 Å². The van der Waals surface area contributed by atoms with Crippen LogP contribution in [-0.4, -0.2) is 67.9 Å². The average molecular weight is 352 g/mol. The minimum atomic E-state index is -3.52. The second kappa shape index (κ2) is 5.77. The summed E-state index contributed by atoms with van der Waals surface area (Å²) in [4.78, 5) is 26.3. The molecule has 2 heterocycles. The highest BCUT2D eigenvalue weighted by molar-refractivity contribution is 7.93. The lowest BCUT2D eigenvalue weighted by Crippen LogP contribution is -2.55. The monoisotopic (exact) mass is 352 g/mol. The number of piperidine rings is 1. The van der Waals surface area contributed by atoms with Crippen LogP contribution in [0.3, 0.4) is 0 Å². The van der Waals surface area contributed by atoms with Crippen molar-refractivity contribution in [3.05, 3.63) is 29.8 Å². The van der Waals surface area contributed by atoms with Crippen LogP contribution in [0.5, 0.6) is 5.75 Å². The molecular formula is C16H20N2O5S. The number of rotatable bonds is 2. The molecule has 0 unspecified atom stereocenters. The van der Waals surface area contributed by atoms with E-state index in [-0.39, 0.29) is 37.7 Å². The lowest BCUT2D eigenvalue weighted by atomic mass is 10.0. The van der Waals surface area contributed by atoms with E-state index in [1.54, 1.807) is 29.2 Å². The predicted octanol–water partition coefficient (Wildman–Crippen LogP) is 0.514. The van der Waals surface area contributed by atoms with Gasteiger partial charge in [0, 0.05) is 33.0 Å². The van der Waals surface area contributed by atoms with Crippen LogP contribution in [0.25, 0.3) is 0 Å². The van der Waals surface area contributed by atoms with Crippen LogP contribution in [0, 0.1) is 0 Å². The molecule has 1 spiro atoms. The summed E-state index contributed by atoms with van der Waals surface area (Å²) < 4.78 is 30.1. The fourth-order valence-electron chi connectivity index (χ4n) is 3.53. The second-order valence-corrected chi connectivity index (χ2v) is 8.43. The Morgan fingerprint density at radius 2 is 1.83 bits per heavy atom. The van der Waals surface area contributed by atoms with E-state index in [9.17, 15) is 18.0 Å². The Hall–Kier alpha value is -2.09. The fourth-order valence-corrected chi connectivity index (χ4v) is 5.64. The third-order valence-corrected chi connectivity index (χ3v) is 7.51. The van der Waals surface area contributed by atoms with Crippen molar-refractivity contribution >= 4 is 21.7 Å². The van der Waals surface area contributed by atoms with E-state index in [0.29, 0.717) is 11.3 Å². The van der Waals surface area contributed by atoms with Crippen LogP contribution in [0.1, 0.15) is 23.2 Å². The molecule has 7 nitrogen and oxygen atoms in total. The standard InChI is InChI=1S/C16H20N2O5S/c1-17-14(19)11-24(21,22)16(17)7-9-18(10-8-16)15(20)12-5-3-4-6-13(12)23-2/h3-6H,7-11H2,1-2H3. The van der Waals surface area contributed by atoms with Gasteiger partial charge in [-0.25, -0.2) is 8.42 Å². The summed E-state index contributed by atoms with van der Waals surface area (Å²) in [6.45, 7) is 0.571. The van der Waals surface area contributed by atoms with Crippen molar-refractivity contribution in [2.75, 3.05) is 33.0 Å². The number of sulfone groups is 1. The molecule has 8 heteroatoms. The molecule has 0 aromatic heterocycles. The minimum Gasteiger partial charge on any atom is -0.496 e. The molecule has 1 aromatic rings. The molecule has 2 saturated heterocycles. The van der Waals surface area contributed by atoms with Gasteiger partial charge in [0.05, 0.1) is 12.7 Å². The van der Waals surface area contributed by atoms with Crippen molar-refractivity contribution in [3.8, 4) is 5.75 Å². The van der Waals surface area contributed by atoms with Gasteiger partial charge in [-0.3, -0.25) is 9.59 Å². The van der Waals surface area contributed by atoms with Gasteiger partial charge < -0.3 is 14.5 Å². The maximum atomic E-state index is 12.7. The molecule has 0 bridgehead atoms. The first kappa shape index (κ1) is 16.8. The highest BCUT2D eigenvalue weighted by atomic mass is 32.2. The van der Waals surface area contributed by atoms with Crippen LogP contribution in [0.2, 0.25) is 0 Å². The van der Waals surface area contributed by atoms with Gasteiger partial charge in [0.15, 0.2) is 9.84 Å². The van der Waals surface area contributed by atoms with Gasteiger partial charge in [-0.1, -0.05) is 12.1 Å². The Labute approximate surface area is 141 Å². The van der Waals surface area contributed by atoms with Gasteiger partial charge in [0.2, 0.25) is 5.91 Å². The molecule has 24 heavy (non-hydrogen) atoms. The molecule has 0 radical (unpaired) electrons. The van der Waals surface area contributed by atoms with Crippen molar-refractivity contribution in [1.82, 2.24) is 9.80 Å². The van der Waals surface area contributed by atoms with Crippen LogP contribution in [-0.2, 0) is 14.6 Å². The zero-order valence-corrected chi connectivity index (χ0v) is 14.5. The number of amides is 2. The fraction of sp³-hybridized carbons (Fsp3) is 0.500. The number of ether oxygens (including phenoxy) is 1. The maximum absolute atomic E-state index is 12.7. The highest BCUT2D eigenvalue weighted by Gasteiger charge is 2.57. The van der Waals surface area contributed by atoms with E-state index in [0.717, 1.165) is 0 Å². The molecule has 3 rings (SSSR count). The number of nitrogens with zero attached hydrogens (tertiary/aromatic N) is 2. The van der Waals surface area contributed by atoms with E-state index in [1.165, 1.54) is 19.1 Å². The number of likely N-dealkylation sites (tertiary alicyclic amines) is 1. The summed E-state index contributed by atoms with van der Waals surface area (Å²) in [6, 6.07) is 6.95. The van der Waals surface area contributed by atoms with Crippen LogP contribution < -0.4 is 4.74 Å². The molecule has 130 valence electrons. The normalized spacial score (nSPS) is 22.0. The zero-order chi connectivity index (χ0) is 17.5. The molecular weight excluding hydrogens is 332 g/mol. The van der Waals surface area contributed by atoms with Crippen LogP contribution in [0.4, 0.5) is 0 Å². The Balaban J connectivity index is 1.81. The van der Waals surface area contributed by atoms with Crippen LogP contribution >= 0.6 is 0 Å². The van der Waals surface area contributed by atoms with Crippen LogP contribution in [0.15, 0.2) is 24.3 Å². The van der Waals surface area contributed by atoms with E-state index in [2.05, 4.69) is 0 Å². The summed E-state index contributed by atoms with van der Waals surface area (Å²) in [5.41, 5.74) is 0.453. The molecule has 2 amide bonds. The first-order chi connectivity index (χ1) is 11.3. The summed E-state index contributed by atoms with van der Waals surface area (Å²) in [7, 11) is -0.486. The van der Waals surface area contributed by atoms with Gasteiger partial charge in [0.25, 0.3) is 5.91 Å². The molecule has 2 aliphatic heterocycles. The largest absolute Gasteiger partial charge is 0.496 e. The number of hydrogen-bond donors (Lipinski definition) is 0. The third-order valence-electron chi connectivity index (χ3n) is 5.05. The Bertz CT molecular complexity index is 781.